The second-order valence-corrected chi connectivity index (χ2v) is 4.18. The Balaban J connectivity index is 1.99. The second kappa shape index (κ2) is 4.51. The molecule has 0 aromatic heterocycles. The quantitative estimate of drug-likeness (QED) is 0.670. The van der Waals surface area contributed by atoms with Gasteiger partial charge in [-0.1, -0.05) is 0 Å². The first kappa shape index (κ1) is 11.5. The van der Waals surface area contributed by atoms with E-state index in [1.54, 1.807) is 13.8 Å². The lowest BCUT2D eigenvalue weighted by Gasteiger charge is -2.38. The molecule has 0 aromatic carbocycles. The van der Waals surface area contributed by atoms with Crippen molar-refractivity contribution in [3.8, 4) is 0 Å². The van der Waals surface area contributed by atoms with Crippen molar-refractivity contribution < 1.29 is 23.8 Å². The van der Waals surface area contributed by atoms with Crippen LogP contribution in [0.4, 0.5) is 0 Å². The Hall–Kier alpha value is -0.940. The van der Waals surface area contributed by atoms with Crippen molar-refractivity contribution in [1.29, 1.82) is 0 Å². The summed E-state index contributed by atoms with van der Waals surface area (Å²) in [7, 11) is 0. The van der Waals surface area contributed by atoms with Crippen LogP contribution in [0.5, 0.6) is 0 Å². The van der Waals surface area contributed by atoms with Gasteiger partial charge in [0.05, 0.1) is 12.5 Å². The summed E-state index contributed by atoms with van der Waals surface area (Å²) in [6.45, 7) is 3.87. The summed E-state index contributed by atoms with van der Waals surface area (Å²) >= 11 is 0. The third-order valence-electron chi connectivity index (χ3n) is 3.02. The van der Waals surface area contributed by atoms with Crippen molar-refractivity contribution in [1.82, 2.24) is 0 Å². The van der Waals surface area contributed by atoms with Crippen molar-refractivity contribution in [3.63, 3.8) is 0 Å². The van der Waals surface area contributed by atoms with Gasteiger partial charge < -0.3 is 14.2 Å². The van der Waals surface area contributed by atoms with Crippen LogP contribution in [0.2, 0.25) is 0 Å². The van der Waals surface area contributed by atoms with Crippen molar-refractivity contribution in [2.45, 2.75) is 39.3 Å². The van der Waals surface area contributed by atoms with E-state index >= 15 is 0 Å². The molecule has 0 bridgehead atoms. The number of ether oxygens (including phenoxy) is 3. The van der Waals surface area contributed by atoms with Gasteiger partial charge in [0.1, 0.15) is 5.78 Å². The van der Waals surface area contributed by atoms with E-state index in [2.05, 4.69) is 0 Å². The molecule has 0 spiro atoms. The molecule has 0 radical (unpaired) electrons. The van der Waals surface area contributed by atoms with Crippen molar-refractivity contribution in [2.75, 3.05) is 6.61 Å². The average molecular weight is 228 g/mol. The minimum absolute atomic E-state index is 0.0785. The smallest absolute Gasteiger partial charge is 0.309 e. The van der Waals surface area contributed by atoms with E-state index in [0.717, 1.165) is 0 Å². The molecule has 5 nitrogen and oxygen atoms in total. The molecule has 1 saturated carbocycles. The summed E-state index contributed by atoms with van der Waals surface area (Å²) in [5.74, 6) is -0.812. The van der Waals surface area contributed by atoms with E-state index in [4.69, 9.17) is 14.2 Å². The van der Waals surface area contributed by atoms with Gasteiger partial charge in [0.2, 0.25) is 0 Å². The van der Waals surface area contributed by atoms with Gasteiger partial charge >= 0.3 is 5.97 Å². The largest absolute Gasteiger partial charge is 0.466 e. The standard InChI is InChI=1S/C11H16O5/c1-3-14-10(13)8-4-7(12)5-9(8)11-15-6(2)16-11/h6,8-9,11H,3-5H2,1-2H3. The Morgan fingerprint density at radius 2 is 2.12 bits per heavy atom. The fraction of sp³-hybridized carbons (Fsp3) is 0.818. The van der Waals surface area contributed by atoms with Crippen LogP contribution in [0, 0.1) is 11.8 Å². The molecule has 1 aliphatic carbocycles. The third kappa shape index (κ3) is 2.10. The summed E-state index contributed by atoms with van der Waals surface area (Å²) in [4.78, 5) is 23.0. The minimum atomic E-state index is -0.421. The molecule has 2 unspecified atom stereocenters. The Bertz CT molecular complexity index is 295. The average Bonchev–Trinajstić information content (AvgIpc) is 2.55. The van der Waals surface area contributed by atoms with Crippen LogP contribution in [0.3, 0.4) is 0 Å². The summed E-state index contributed by atoms with van der Waals surface area (Å²) in [5.41, 5.74) is 0. The molecule has 2 aliphatic rings. The Morgan fingerprint density at radius 1 is 1.44 bits per heavy atom. The van der Waals surface area contributed by atoms with E-state index in [0.29, 0.717) is 13.0 Å². The highest BCUT2D eigenvalue weighted by molar-refractivity contribution is 5.88. The zero-order valence-electron chi connectivity index (χ0n) is 9.47. The molecule has 0 amide bonds. The predicted octanol–water partition coefficient (Wildman–Crippen LogP) is 0.864. The van der Waals surface area contributed by atoms with Crippen LogP contribution >= 0.6 is 0 Å². The molecule has 90 valence electrons. The molecule has 2 rings (SSSR count). The number of esters is 1. The van der Waals surface area contributed by atoms with E-state index in [9.17, 15) is 9.59 Å². The highest BCUT2D eigenvalue weighted by atomic mass is 16.9. The summed E-state index contributed by atoms with van der Waals surface area (Å²) in [5, 5.41) is 0. The van der Waals surface area contributed by atoms with Crippen LogP contribution in [-0.2, 0) is 23.8 Å². The topological polar surface area (TPSA) is 61.8 Å². The minimum Gasteiger partial charge on any atom is -0.466 e. The molecule has 2 fully saturated rings. The first-order valence-electron chi connectivity index (χ1n) is 5.61. The highest BCUT2D eigenvalue weighted by Crippen LogP contribution is 2.38. The fourth-order valence-electron chi connectivity index (χ4n) is 2.27. The SMILES string of the molecule is CCOC(=O)C1CC(=O)CC1C1OC(C)O1. The number of ketones is 1. The van der Waals surface area contributed by atoms with Gasteiger partial charge in [-0.3, -0.25) is 9.59 Å². The summed E-state index contributed by atoms with van der Waals surface area (Å²) in [6, 6.07) is 0. The van der Waals surface area contributed by atoms with Gasteiger partial charge in [0.25, 0.3) is 0 Å². The molecule has 1 heterocycles. The van der Waals surface area contributed by atoms with Crippen molar-refractivity contribution in [2.24, 2.45) is 11.8 Å². The lowest BCUT2D eigenvalue weighted by atomic mass is 9.95. The lowest BCUT2D eigenvalue weighted by molar-refractivity contribution is -0.394. The number of Topliss-reactive ketones (excluding diaryl/α,β-unsaturated/α-hetero) is 1. The molecular weight excluding hydrogens is 212 g/mol. The molecule has 2 atom stereocenters. The molecular formula is C11H16O5. The van der Waals surface area contributed by atoms with Crippen LogP contribution < -0.4 is 0 Å². The molecule has 16 heavy (non-hydrogen) atoms. The zero-order valence-corrected chi connectivity index (χ0v) is 9.47. The van der Waals surface area contributed by atoms with E-state index in [-0.39, 0.29) is 30.4 Å². The van der Waals surface area contributed by atoms with Gasteiger partial charge in [0.15, 0.2) is 12.6 Å². The van der Waals surface area contributed by atoms with Crippen LogP contribution in [0.15, 0.2) is 0 Å². The Labute approximate surface area is 94.0 Å². The molecule has 5 heteroatoms. The van der Waals surface area contributed by atoms with Crippen molar-refractivity contribution in [3.05, 3.63) is 0 Å². The number of hydrogen-bond acceptors (Lipinski definition) is 5. The molecule has 0 N–H and O–H groups in total. The Morgan fingerprint density at radius 3 is 2.69 bits per heavy atom. The number of carbonyl (C=O) groups excluding carboxylic acids is 2. The first-order chi connectivity index (χ1) is 7.61. The van der Waals surface area contributed by atoms with Crippen LogP contribution in [0.25, 0.3) is 0 Å². The maximum atomic E-state index is 11.6. The zero-order chi connectivity index (χ0) is 11.7. The van der Waals surface area contributed by atoms with Crippen molar-refractivity contribution >= 4 is 11.8 Å². The van der Waals surface area contributed by atoms with Crippen LogP contribution in [-0.4, -0.2) is 30.9 Å². The summed E-state index contributed by atoms with van der Waals surface area (Å²) < 4.78 is 15.6. The predicted molar refractivity (Wildman–Crippen MR) is 53.3 cm³/mol. The molecule has 1 aliphatic heterocycles. The first-order valence-corrected chi connectivity index (χ1v) is 5.61. The van der Waals surface area contributed by atoms with Gasteiger partial charge in [-0.05, 0) is 13.8 Å². The normalized spacial score (nSPS) is 38.2. The second-order valence-electron chi connectivity index (χ2n) is 4.18. The monoisotopic (exact) mass is 228 g/mol. The molecule has 0 aromatic rings. The number of rotatable bonds is 3. The maximum absolute atomic E-state index is 11.6. The summed E-state index contributed by atoms with van der Waals surface area (Å²) in [6.07, 6.45) is -0.0542. The third-order valence-corrected chi connectivity index (χ3v) is 3.02. The highest BCUT2D eigenvalue weighted by Gasteiger charge is 2.48. The number of carbonyl (C=O) groups is 2. The Kier molecular flexibility index (Phi) is 3.25. The van der Waals surface area contributed by atoms with Gasteiger partial charge in [0, 0.05) is 18.8 Å². The fourth-order valence-corrected chi connectivity index (χ4v) is 2.27. The van der Waals surface area contributed by atoms with Gasteiger partial charge in [-0.15, -0.1) is 0 Å². The van der Waals surface area contributed by atoms with Crippen LogP contribution in [0.1, 0.15) is 26.7 Å². The number of hydrogen-bond donors (Lipinski definition) is 0. The van der Waals surface area contributed by atoms with Gasteiger partial charge in [-0.2, -0.15) is 0 Å². The molecule has 1 saturated heterocycles. The van der Waals surface area contributed by atoms with E-state index < -0.39 is 12.2 Å². The van der Waals surface area contributed by atoms with E-state index in [1.807, 2.05) is 0 Å². The maximum Gasteiger partial charge on any atom is 0.309 e. The lowest BCUT2D eigenvalue weighted by Crippen LogP contribution is -2.46. The van der Waals surface area contributed by atoms with E-state index in [1.165, 1.54) is 0 Å². The van der Waals surface area contributed by atoms with Gasteiger partial charge in [-0.25, -0.2) is 0 Å².